The number of carbonyl (C=O) groups excluding carboxylic acids is 2. The van der Waals surface area contributed by atoms with Crippen molar-refractivity contribution in [2.75, 3.05) is 39.3 Å². The van der Waals surface area contributed by atoms with Crippen molar-refractivity contribution < 1.29 is 34.1 Å². The molecule has 3 fully saturated rings. The maximum absolute atomic E-state index is 12.9. The zero-order valence-electron chi connectivity index (χ0n) is 31.3. The molecule has 294 valence electrons. The molecule has 2 saturated heterocycles. The molecule has 1 unspecified atom stereocenters. The molecule has 3 atom stereocenters. The van der Waals surface area contributed by atoms with Crippen molar-refractivity contribution in [1.82, 2.24) is 34.3 Å². The first-order chi connectivity index (χ1) is 27.5. The van der Waals surface area contributed by atoms with Gasteiger partial charge in [0.2, 0.25) is 0 Å². The van der Waals surface area contributed by atoms with Gasteiger partial charge in [0.15, 0.2) is 11.4 Å². The average Bonchev–Trinajstić information content (AvgIpc) is 4.03. The Morgan fingerprint density at radius 2 is 1.26 bits per heavy atom. The van der Waals surface area contributed by atoms with Gasteiger partial charge in [-0.3, -0.25) is 4.90 Å². The number of aromatic carboxylic acids is 2. The Balaban J connectivity index is 0.848. The Morgan fingerprint density at radius 3 is 1.84 bits per heavy atom. The van der Waals surface area contributed by atoms with Gasteiger partial charge in [0.1, 0.15) is 0 Å². The zero-order valence-corrected chi connectivity index (χ0v) is 32.1. The van der Waals surface area contributed by atoms with Crippen molar-refractivity contribution in [2.45, 2.75) is 39.0 Å². The fraction of sp³-hybridized carbons (Fsp3) is 0.333. The number of amides is 2. The number of nitrogens with zero attached hydrogens (tertiary/aromatic N) is 7. The molecule has 5 aromatic rings. The van der Waals surface area contributed by atoms with E-state index in [2.05, 4.69) is 70.6 Å². The highest BCUT2D eigenvalue weighted by Gasteiger charge is 2.43. The van der Waals surface area contributed by atoms with Gasteiger partial charge in [-0.1, -0.05) is 54.1 Å². The van der Waals surface area contributed by atoms with Crippen molar-refractivity contribution in [3.05, 3.63) is 118 Å². The van der Waals surface area contributed by atoms with Gasteiger partial charge in [-0.15, -0.1) is 0 Å². The third-order valence-corrected chi connectivity index (χ3v) is 11.8. The molecule has 2 aromatic heterocycles. The number of fused-ring (bicyclic) bond motifs is 1. The van der Waals surface area contributed by atoms with E-state index in [4.69, 9.17) is 26.6 Å². The summed E-state index contributed by atoms with van der Waals surface area (Å²) in [6.45, 7) is 6.91. The van der Waals surface area contributed by atoms with E-state index in [-0.39, 0.29) is 29.6 Å². The van der Waals surface area contributed by atoms with Crippen LogP contribution in [0, 0.1) is 18.8 Å². The van der Waals surface area contributed by atoms with E-state index in [1.54, 1.807) is 9.80 Å². The van der Waals surface area contributed by atoms with Crippen LogP contribution in [0.2, 0.25) is 5.02 Å². The van der Waals surface area contributed by atoms with Crippen LogP contribution in [0.1, 0.15) is 50.5 Å². The summed E-state index contributed by atoms with van der Waals surface area (Å²) in [5, 5.41) is 26.7. The molecule has 2 aliphatic heterocycles. The second-order valence-electron chi connectivity index (χ2n) is 15.1. The maximum atomic E-state index is 12.9. The molecule has 0 radical (unpaired) electrons. The lowest BCUT2D eigenvalue weighted by Gasteiger charge is -2.34. The van der Waals surface area contributed by atoms with Crippen LogP contribution in [-0.4, -0.2) is 114 Å². The number of piperazine rings is 1. The molecular formula is C42H42ClN7O7. The summed E-state index contributed by atoms with van der Waals surface area (Å²) in [7, 11) is 0. The quantitative estimate of drug-likeness (QED) is 0.170. The summed E-state index contributed by atoms with van der Waals surface area (Å²) in [6, 6.07) is 23.1. The second kappa shape index (κ2) is 16.0. The summed E-state index contributed by atoms with van der Waals surface area (Å²) >= 11 is 6.67. The van der Waals surface area contributed by atoms with E-state index in [1.807, 2.05) is 12.1 Å². The SMILES string of the molecule is Cc1cc(-c2cccc(-c3ccc(Cl)c(COC4C[C@@H]5CN(C(=O)n6ccc(C(=O)O)n6)C[C@@H]5C4)c3)c2)ccc1CN1CCN(C(=O)n2ccc(C(=O)O)n2)CC1. The van der Waals surface area contributed by atoms with Gasteiger partial charge in [-0.2, -0.15) is 19.6 Å². The monoisotopic (exact) mass is 791 g/mol. The highest BCUT2D eigenvalue weighted by atomic mass is 35.5. The van der Waals surface area contributed by atoms with E-state index in [0.717, 1.165) is 56.6 Å². The van der Waals surface area contributed by atoms with Crippen LogP contribution >= 0.6 is 11.6 Å². The zero-order chi connectivity index (χ0) is 39.8. The maximum Gasteiger partial charge on any atom is 0.356 e. The molecule has 15 heteroatoms. The predicted molar refractivity (Wildman–Crippen MR) is 210 cm³/mol. The first-order valence-corrected chi connectivity index (χ1v) is 19.4. The highest BCUT2D eigenvalue weighted by Crippen LogP contribution is 2.40. The van der Waals surface area contributed by atoms with E-state index in [1.165, 1.54) is 35.7 Å². The fourth-order valence-corrected chi connectivity index (χ4v) is 8.43. The Kier molecular flexibility index (Phi) is 10.7. The first-order valence-electron chi connectivity index (χ1n) is 19.0. The largest absolute Gasteiger partial charge is 0.476 e. The van der Waals surface area contributed by atoms with Crippen LogP contribution in [-0.2, 0) is 17.9 Å². The normalized spacial score (nSPS) is 19.5. The van der Waals surface area contributed by atoms with E-state index < -0.39 is 11.9 Å². The summed E-state index contributed by atoms with van der Waals surface area (Å²) in [5.41, 5.74) is 7.35. The molecule has 3 aliphatic rings. The minimum Gasteiger partial charge on any atom is -0.476 e. The standard InChI is InChI=1S/C42H42ClN7O7/c1-26-17-29(5-6-31(26)22-46-13-15-47(16-14-46)41(55)49-11-9-37(44-49)39(51)52)27-3-2-4-28(18-27)30-7-8-36(43)34(19-30)25-57-35-20-32-23-48(24-33(32)21-35)42(56)50-12-10-38(45-50)40(53)54/h2-12,17-19,32-33,35H,13-16,20-25H2,1H3,(H,51,52)(H,53,54)/t32-,33+,35?. The van der Waals surface area contributed by atoms with Gasteiger partial charge in [-0.25, -0.2) is 19.2 Å². The number of carboxylic acids is 2. The highest BCUT2D eigenvalue weighted by molar-refractivity contribution is 6.31. The van der Waals surface area contributed by atoms with Gasteiger partial charge >= 0.3 is 24.0 Å². The van der Waals surface area contributed by atoms with Gasteiger partial charge in [-0.05, 0) is 101 Å². The van der Waals surface area contributed by atoms with E-state index in [0.29, 0.717) is 62.7 Å². The van der Waals surface area contributed by atoms with E-state index in [9.17, 15) is 19.2 Å². The van der Waals surface area contributed by atoms with Crippen molar-refractivity contribution >= 4 is 35.6 Å². The number of carboxylic acid groups (broad SMARTS) is 2. The molecule has 8 rings (SSSR count). The number of halogens is 1. The fourth-order valence-electron chi connectivity index (χ4n) is 8.26. The Morgan fingerprint density at radius 1 is 0.702 bits per heavy atom. The molecule has 2 amide bonds. The number of ether oxygens (including phenoxy) is 1. The summed E-state index contributed by atoms with van der Waals surface area (Å²) in [6.07, 6.45) is 4.53. The topological polar surface area (TPSA) is 163 Å². The molecule has 1 aliphatic carbocycles. The van der Waals surface area contributed by atoms with Crippen LogP contribution in [0.15, 0.2) is 85.2 Å². The van der Waals surface area contributed by atoms with Crippen molar-refractivity contribution in [1.29, 1.82) is 0 Å². The molecular weight excluding hydrogens is 750 g/mol. The Labute approximate surface area is 333 Å². The minimum atomic E-state index is -1.16. The van der Waals surface area contributed by atoms with Crippen molar-refractivity contribution in [2.24, 2.45) is 11.8 Å². The van der Waals surface area contributed by atoms with Gasteiger partial charge in [0.05, 0.1) is 12.7 Å². The minimum absolute atomic E-state index is 0.0620. The first kappa shape index (κ1) is 38.1. The molecule has 57 heavy (non-hydrogen) atoms. The molecule has 14 nitrogen and oxygen atoms in total. The molecule has 2 N–H and O–H groups in total. The molecule has 3 aromatic carbocycles. The molecule has 0 spiro atoms. The number of hydrogen-bond acceptors (Lipinski definition) is 8. The number of aromatic nitrogens is 4. The smallest absolute Gasteiger partial charge is 0.356 e. The number of likely N-dealkylation sites (tertiary alicyclic amines) is 1. The van der Waals surface area contributed by atoms with Gasteiger partial charge in [0, 0.05) is 63.2 Å². The Hall–Kier alpha value is -5.83. The van der Waals surface area contributed by atoms with Crippen LogP contribution in [0.25, 0.3) is 22.3 Å². The van der Waals surface area contributed by atoms with Crippen LogP contribution < -0.4 is 0 Å². The number of hydrogen-bond donors (Lipinski definition) is 2. The lowest BCUT2D eigenvalue weighted by atomic mass is 9.96. The molecule has 1 saturated carbocycles. The number of carbonyl (C=O) groups is 4. The molecule has 0 bridgehead atoms. The lowest BCUT2D eigenvalue weighted by Crippen LogP contribution is -2.49. The van der Waals surface area contributed by atoms with Crippen LogP contribution in [0.5, 0.6) is 0 Å². The van der Waals surface area contributed by atoms with Crippen molar-refractivity contribution in [3.8, 4) is 22.3 Å². The number of aryl methyl sites for hydroxylation is 1. The third kappa shape index (κ3) is 8.20. The summed E-state index contributed by atoms with van der Waals surface area (Å²) in [4.78, 5) is 53.8. The molecule has 4 heterocycles. The average molecular weight is 792 g/mol. The van der Waals surface area contributed by atoms with Crippen molar-refractivity contribution in [3.63, 3.8) is 0 Å². The number of rotatable bonds is 9. The summed E-state index contributed by atoms with van der Waals surface area (Å²) in [5.74, 6) is -1.70. The van der Waals surface area contributed by atoms with E-state index >= 15 is 0 Å². The predicted octanol–water partition coefficient (Wildman–Crippen LogP) is 6.45. The summed E-state index contributed by atoms with van der Waals surface area (Å²) < 4.78 is 8.60. The van der Waals surface area contributed by atoms with Crippen LogP contribution in [0.3, 0.4) is 0 Å². The van der Waals surface area contributed by atoms with Gasteiger partial charge < -0.3 is 24.7 Å². The van der Waals surface area contributed by atoms with Gasteiger partial charge in [0.25, 0.3) is 0 Å². The lowest BCUT2D eigenvalue weighted by molar-refractivity contribution is 0.0384. The van der Waals surface area contributed by atoms with Crippen LogP contribution in [0.4, 0.5) is 9.59 Å². The Bertz CT molecular complexity index is 2340. The number of benzene rings is 3. The third-order valence-electron chi connectivity index (χ3n) is 11.4. The second-order valence-corrected chi connectivity index (χ2v) is 15.5.